The van der Waals surface area contributed by atoms with Gasteiger partial charge in [0.1, 0.15) is 17.7 Å². The van der Waals surface area contributed by atoms with Gasteiger partial charge in [-0.2, -0.15) is 10.2 Å². The number of morpholine rings is 1. The van der Waals surface area contributed by atoms with Crippen molar-refractivity contribution in [2.24, 2.45) is 0 Å². The number of rotatable bonds is 4. The predicted octanol–water partition coefficient (Wildman–Crippen LogP) is 2.40. The van der Waals surface area contributed by atoms with Crippen LogP contribution in [-0.4, -0.2) is 55.4 Å². The molecule has 1 aromatic carbocycles. The van der Waals surface area contributed by atoms with Crippen LogP contribution in [0, 0.1) is 17.1 Å². The second-order valence-electron chi connectivity index (χ2n) is 7.02. The Labute approximate surface area is 163 Å². The van der Waals surface area contributed by atoms with E-state index in [4.69, 9.17) is 4.74 Å². The van der Waals surface area contributed by atoms with Crippen molar-refractivity contribution < 1.29 is 9.13 Å². The number of aromatic nitrogens is 2. The van der Waals surface area contributed by atoms with Crippen LogP contribution in [0.1, 0.15) is 18.4 Å². The Morgan fingerprint density at radius 2 is 1.89 bits per heavy atom. The number of nitrogens with one attached hydrogen (secondary N) is 1. The molecule has 0 bridgehead atoms. The highest BCUT2D eigenvalue weighted by Gasteiger charge is 2.22. The van der Waals surface area contributed by atoms with Gasteiger partial charge in [-0.05, 0) is 37.1 Å². The van der Waals surface area contributed by atoms with Crippen LogP contribution < -0.4 is 15.1 Å². The molecular weight excluding hydrogens is 359 g/mol. The van der Waals surface area contributed by atoms with Gasteiger partial charge in [-0.3, -0.25) is 0 Å². The zero-order chi connectivity index (χ0) is 19.3. The van der Waals surface area contributed by atoms with Gasteiger partial charge in [0.15, 0.2) is 0 Å². The van der Waals surface area contributed by atoms with E-state index < -0.39 is 0 Å². The zero-order valence-corrected chi connectivity index (χ0v) is 15.6. The van der Waals surface area contributed by atoms with E-state index in [0.29, 0.717) is 24.8 Å². The molecule has 3 heterocycles. The first kappa shape index (κ1) is 18.4. The van der Waals surface area contributed by atoms with Crippen LogP contribution in [0.3, 0.4) is 0 Å². The number of nitriles is 1. The monoisotopic (exact) mass is 382 g/mol. The van der Waals surface area contributed by atoms with E-state index in [1.54, 1.807) is 12.3 Å². The van der Waals surface area contributed by atoms with E-state index in [9.17, 15) is 9.65 Å². The lowest BCUT2D eigenvalue weighted by molar-refractivity contribution is 0.122. The lowest BCUT2D eigenvalue weighted by Crippen LogP contribution is -2.40. The number of benzene rings is 1. The number of hydrogen-bond acceptors (Lipinski definition) is 7. The van der Waals surface area contributed by atoms with Gasteiger partial charge < -0.3 is 19.9 Å². The summed E-state index contributed by atoms with van der Waals surface area (Å²) in [4.78, 5) is 13.3. The second kappa shape index (κ2) is 8.40. The van der Waals surface area contributed by atoms with Gasteiger partial charge in [0.05, 0.1) is 24.5 Å². The maximum atomic E-state index is 13.4. The Morgan fingerprint density at radius 1 is 1.11 bits per heavy atom. The highest BCUT2D eigenvalue weighted by molar-refractivity contribution is 5.59. The molecule has 7 nitrogen and oxygen atoms in total. The van der Waals surface area contributed by atoms with Crippen molar-refractivity contribution in [1.82, 2.24) is 9.97 Å². The Hall–Kier alpha value is -2.92. The molecule has 28 heavy (non-hydrogen) atoms. The standard InChI is InChI=1S/C20H23FN6O/c21-16-1-2-18(15(13-16)14-22)26-7-4-17(5-8-26)24-19-3-6-23-20(25-19)27-9-11-28-12-10-27/h1-3,6,13,17H,4-5,7-12H2,(H,23,24,25). The first-order chi connectivity index (χ1) is 13.7. The molecule has 4 rings (SSSR count). The molecule has 2 aliphatic rings. The van der Waals surface area contributed by atoms with Crippen molar-refractivity contribution >= 4 is 17.5 Å². The van der Waals surface area contributed by atoms with Crippen molar-refractivity contribution in [3.8, 4) is 6.07 Å². The molecule has 0 saturated carbocycles. The number of anilines is 3. The molecule has 8 heteroatoms. The number of ether oxygens (including phenoxy) is 1. The first-order valence-corrected chi connectivity index (χ1v) is 9.60. The van der Waals surface area contributed by atoms with Crippen LogP contribution >= 0.6 is 0 Å². The summed E-state index contributed by atoms with van der Waals surface area (Å²) in [6.45, 7) is 4.63. The Kier molecular flexibility index (Phi) is 5.53. The second-order valence-corrected chi connectivity index (χ2v) is 7.02. The summed E-state index contributed by atoms with van der Waals surface area (Å²) in [5.74, 6) is 1.18. The Balaban J connectivity index is 1.37. The average molecular weight is 382 g/mol. The molecule has 0 aliphatic carbocycles. The lowest BCUT2D eigenvalue weighted by atomic mass is 10.0. The largest absolute Gasteiger partial charge is 0.378 e. The van der Waals surface area contributed by atoms with Gasteiger partial charge in [0.2, 0.25) is 5.95 Å². The van der Waals surface area contributed by atoms with E-state index in [1.807, 2.05) is 6.07 Å². The summed E-state index contributed by atoms with van der Waals surface area (Å²) >= 11 is 0. The number of piperidine rings is 1. The normalized spacial score (nSPS) is 18.0. The molecule has 2 saturated heterocycles. The average Bonchev–Trinajstić information content (AvgIpc) is 2.75. The fourth-order valence-corrected chi connectivity index (χ4v) is 3.69. The maximum Gasteiger partial charge on any atom is 0.227 e. The summed E-state index contributed by atoms with van der Waals surface area (Å²) in [6.07, 6.45) is 3.62. The molecule has 146 valence electrons. The van der Waals surface area contributed by atoms with Crippen LogP contribution in [0.25, 0.3) is 0 Å². The Bertz CT molecular complexity index is 856. The third-order valence-corrected chi connectivity index (χ3v) is 5.20. The molecule has 1 N–H and O–H groups in total. The third-order valence-electron chi connectivity index (χ3n) is 5.20. The molecular formula is C20H23FN6O. The summed E-state index contributed by atoms with van der Waals surface area (Å²) in [5, 5.41) is 12.8. The third kappa shape index (κ3) is 4.15. The molecule has 2 fully saturated rings. The van der Waals surface area contributed by atoms with Crippen molar-refractivity contribution in [2.75, 3.05) is 54.5 Å². The minimum absolute atomic E-state index is 0.301. The van der Waals surface area contributed by atoms with Crippen LogP contribution in [0.4, 0.5) is 21.8 Å². The van der Waals surface area contributed by atoms with E-state index in [0.717, 1.165) is 56.5 Å². The van der Waals surface area contributed by atoms with Crippen molar-refractivity contribution in [3.05, 3.63) is 41.8 Å². The SMILES string of the molecule is N#Cc1cc(F)ccc1N1CCC(Nc2ccnc(N3CCOCC3)n2)CC1. The molecule has 0 spiro atoms. The van der Waals surface area contributed by atoms with Gasteiger partial charge in [0.25, 0.3) is 0 Å². The van der Waals surface area contributed by atoms with Crippen LogP contribution in [0.5, 0.6) is 0 Å². The lowest BCUT2D eigenvalue weighted by Gasteiger charge is -2.34. The fraction of sp³-hybridized carbons (Fsp3) is 0.450. The minimum Gasteiger partial charge on any atom is -0.378 e. The van der Waals surface area contributed by atoms with E-state index >= 15 is 0 Å². The molecule has 0 radical (unpaired) electrons. The highest BCUT2D eigenvalue weighted by atomic mass is 19.1. The van der Waals surface area contributed by atoms with Crippen LogP contribution in [-0.2, 0) is 4.74 Å². The molecule has 0 unspecified atom stereocenters. The molecule has 2 aromatic rings. The van der Waals surface area contributed by atoms with Crippen LogP contribution in [0.15, 0.2) is 30.5 Å². The van der Waals surface area contributed by atoms with Gasteiger partial charge in [-0.25, -0.2) is 9.37 Å². The van der Waals surface area contributed by atoms with Gasteiger partial charge in [0, 0.05) is 38.4 Å². The quantitative estimate of drug-likeness (QED) is 0.870. The molecule has 2 aliphatic heterocycles. The minimum atomic E-state index is -0.378. The highest BCUT2D eigenvalue weighted by Crippen LogP contribution is 2.26. The summed E-state index contributed by atoms with van der Waals surface area (Å²) in [6, 6.07) is 8.69. The predicted molar refractivity (Wildman–Crippen MR) is 105 cm³/mol. The van der Waals surface area contributed by atoms with E-state index in [-0.39, 0.29) is 5.82 Å². The molecule has 0 atom stereocenters. The summed E-state index contributed by atoms with van der Waals surface area (Å²) < 4.78 is 18.8. The summed E-state index contributed by atoms with van der Waals surface area (Å²) in [5.41, 5.74) is 1.19. The van der Waals surface area contributed by atoms with Gasteiger partial charge in [-0.1, -0.05) is 0 Å². The smallest absolute Gasteiger partial charge is 0.227 e. The summed E-state index contributed by atoms with van der Waals surface area (Å²) in [7, 11) is 0. The van der Waals surface area contributed by atoms with Crippen LogP contribution in [0.2, 0.25) is 0 Å². The topological polar surface area (TPSA) is 77.3 Å². The zero-order valence-electron chi connectivity index (χ0n) is 15.6. The number of hydrogen-bond donors (Lipinski definition) is 1. The van der Waals surface area contributed by atoms with E-state index in [2.05, 4.69) is 31.2 Å². The first-order valence-electron chi connectivity index (χ1n) is 9.60. The van der Waals surface area contributed by atoms with Crippen molar-refractivity contribution in [2.45, 2.75) is 18.9 Å². The molecule has 1 aromatic heterocycles. The molecule has 0 amide bonds. The van der Waals surface area contributed by atoms with Gasteiger partial charge >= 0.3 is 0 Å². The Morgan fingerprint density at radius 3 is 2.64 bits per heavy atom. The number of nitrogens with zero attached hydrogens (tertiary/aromatic N) is 5. The maximum absolute atomic E-state index is 13.4. The van der Waals surface area contributed by atoms with Crippen molar-refractivity contribution in [3.63, 3.8) is 0 Å². The van der Waals surface area contributed by atoms with E-state index in [1.165, 1.54) is 12.1 Å². The van der Waals surface area contributed by atoms with Crippen molar-refractivity contribution in [1.29, 1.82) is 5.26 Å². The number of halogens is 1. The fourth-order valence-electron chi connectivity index (χ4n) is 3.69. The van der Waals surface area contributed by atoms with Gasteiger partial charge in [-0.15, -0.1) is 0 Å².